The van der Waals surface area contributed by atoms with Gasteiger partial charge in [-0.1, -0.05) is 25.7 Å². The summed E-state index contributed by atoms with van der Waals surface area (Å²) in [6.07, 6.45) is 10.5. The van der Waals surface area contributed by atoms with Gasteiger partial charge in [-0.3, -0.25) is 9.59 Å². The number of carbonyl (C=O) groups excluding carboxylic acids is 2. The maximum Gasteiger partial charge on any atom is 0.236 e. The molecular formula is C18H32ClN3O2. The first-order valence-electron chi connectivity index (χ1n) is 9.52. The molecule has 0 radical (unpaired) electrons. The Labute approximate surface area is 151 Å². The Morgan fingerprint density at radius 1 is 1.04 bits per heavy atom. The fraction of sp³-hybridized carbons (Fsp3) is 0.889. The number of nitrogens with one attached hydrogen (secondary N) is 1. The smallest absolute Gasteiger partial charge is 0.236 e. The molecule has 5 nitrogen and oxygen atoms in total. The van der Waals surface area contributed by atoms with Gasteiger partial charge in [0.1, 0.15) is 0 Å². The minimum Gasteiger partial charge on any atom is -0.341 e. The molecule has 24 heavy (non-hydrogen) atoms. The molecule has 0 spiro atoms. The molecule has 2 heterocycles. The molecule has 138 valence electrons. The van der Waals surface area contributed by atoms with Crippen LogP contribution in [0.4, 0.5) is 0 Å². The number of hydrogen-bond donors (Lipinski definition) is 1. The molecule has 1 unspecified atom stereocenters. The Hall–Kier alpha value is -0.810. The zero-order valence-corrected chi connectivity index (χ0v) is 15.5. The molecule has 3 rings (SSSR count). The van der Waals surface area contributed by atoms with Crippen LogP contribution in [-0.4, -0.2) is 60.4 Å². The van der Waals surface area contributed by atoms with Crippen LogP contribution in [0.15, 0.2) is 0 Å². The molecule has 2 saturated heterocycles. The van der Waals surface area contributed by atoms with E-state index in [1.165, 1.54) is 38.5 Å². The fourth-order valence-electron chi connectivity index (χ4n) is 4.39. The summed E-state index contributed by atoms with van der Waals surface area (Å²) < 4.78 is 0. The summed E-state index contributed by atoms with van der Waals surface area (Å²) in [5, 5.41) is 3.13. The molecule has 3 fully saturated rings. The largest absolute Gasteiger partial charge is 0.341 e. The molecule has 0 bridgehead atoms. The van der Waals surface area contributed by atoms with Crippen LogP contribution >= 0.6 is 12.4 Å². The highest BCUT2D eigenvalue weighted by Crippen LogP contribution is 2.27. The Morgan fingerprint density at radius 3 is 2.50 bits per heavy atom. The monoisotopic (exact) mass is 357 g/mol. The highest BCUT2D eigenvalue weighted by Gasteiger charge is 2.32. The van der Waals surface area contributed by atoms with Gasteiger partial charge in [-0.25, -0.2) is 0 Å². The van der Waals surface area contributed by atoms with E-state index in [4.69, 9.17) is 0 Å². The van der Waals surface area contributed by atoms with Crippen molar-refractivity contribution in [1.29, 1.82) is 0 Å². The number of likely N-dealkylation sites (tertiary alicyclic amines) is 1. The molecule has 6 heteroatoms. The second kappa shape index (κ2) is 9.62. The highest BCUT2D eigenvalue weighted by molar-refractivity contribution is 5.85. The molecular weight excluding hydrogens is 326 g/mol. The third-order valence-corrected chi connectivity index (χ3v) is 5.75. The van der Waals surface area contributed by atoms with Crippen molar-refractivity contribution in [2.24, 2.45) is 5.92 Å². The van der Waals surface area contributed by atoms with Crippen molar-refractivity contribution in [2.45, 2.75) is 63.8 Å². The van der Waals surface area contributed by atoms with E-state index in [1.54, 1.807) is 0 Å². The highest BCUT2D eigenvalue weighted by atomic mass is 35.5. The SMILES string of the molecule is Cl.O=C(CC1CCCCCC1)N1CCCC(N2CCNCC2=O)C1. The second-order valence-corrected chi connectivity index (χ2v) is 7.46. The van der Waals surface area contributed by atoms with Gasteiger partial charge in [-0.05, 0) is 31.6 Å². The summed E-state index contributed by atoms with van der Waals surface area (Å²) in [7, 11) is 0. The number of halogens is 1. The zero-order chi connectivity index (χ0) is 16.1. The lowest BCUT2D eigenvalue weighted by atomic mass is 9.95. The number of rotatable bonds is 3. The van der Waals surface area contributed by atoms with Crippen LogP contribution < -0.4 is 5.32 Å². The topological polar surface area (TPSA) is 52.7 Å². The lowest BCUT2D eigenvalue weighted by Gasteiger charge is -2.41. The van der Waals surface area contributed by atoms with E-state index in [0.29, 0.717) is 18.4 Å². The van der Waals surface area contributed by atoms with Crippen molar-refractivity contribution in [1.82, 2.24) is 15.1 Å². The molecule has 0 aromatic carbocycles. The lowest BCUT2D eigenvalue weighted by molar-refractivity contribution is -0.141. The van der Waals surface area contributed by atoms with Crippen molar-refractivity contribution in [2.75, 3.05) is 32.7 Å². The van der Waals surface area contributed by atoms with Crippen LogP contribution in [0.25, 0.3) is 0 Å². The van der Waals surface area contributed by atoms with Crippen molar-refractivity contribution in [3.8, 4) is 0 Å². The summed E-state index contributed by atoms with van der Waals surface area (Å²) in [6.45, 7) is 3.73. The first kappa shape index (κ1) is 19.5. The van der Waals surface area contributed by atoms with Gasteiger partial charge in [0.25, 0.3) is 0 Å². The van der Waals surface area contributed by atoms with E-state index >= 15 is 0 Å². The van der Waals surface area contributed by atoms with Gasteiger partial charge < -0.3 is 15.1 Å². The Bertz CT molecular complexity index is 424. The molecule has 2 amide bonds. The Morgan fingerprint density at radius 2 is 1.79 bits per heavy atom. The van der Waals surface area contributed by atoms with Crippen molar-refractivity contribution in [3.63, 3.8) is 0 Å². The van der Waals surface area contributed by atoms with Crippen molar-refractivity contribution in [3.05, 3.63) is 0 Å². The minimum atomic E-state index is 0. The fourth-order valence-corrected chi connectivity index (χ4v) is 4.39. The van der Waals surface area contributed by atoms with Crippen LogP contribution in [0.3, 0.4) is 0 Å². The maximum atomic E-state index is 12.7. The Balaban J connectivity index is 0.00000208. The third kappa shape index (κ3) is 5.09. The quantitative estimate of drug-likeness (QED) is 0.788. The molecule has 1 N–H and O–H groups in total. The van der Waals surface area contributed by atoms with E-state index in [1.807, 2.05) is 9.80 Å². The van der Waals surface area contributed by atoms with Crippen LogP contribution in [-0.2, 0) is 9.59 Å². The van der Waals surface area contributed by atoms with Crippen LogP contribution in [0, 0.1) is 5.92 Å². The number of amides is 2. The first-order valence-corrected chi connectivity index (χ1v) is 9.52. The first-order chi connectivity index (χ1) is 11.2. The summed E-state index contributed by atoms with van der Waals surface area (Å²) in [5.74, 6) is 1.11. The van der Waals surface area contributed by atoms with Crippen molar-refractivity contribution >= 4 is 24.2 Å². The normalized spacial score (nSPS) is 26.7. The third-order valence-electron chi connectivity index (χ3n) is 5.75. The van der Waals surface area contributed by atoms with Crippen LogP contribution in [0.5, 0.6) is 0 Å². The van der Waals surface area contributed by atoms with Gasteiger partial charge in [-0.2, -0.15) is 0 Å². The second-order valence-electron chi connectivity index (χ2n) is 7.46. The molecule has 1 atom stereocenters. The van der Waals surface area contributed by atoms with Gasteiger partial charge in [0, 0.05) is 38.6 Å². The van der Waals surface area contributed by atoms with E-state index in [0.717, 1.165) is 45.4 Å². The summed E-state index contributed by atoms with van der Waals surface area (Å²) >= 11 is 0. The van der Waals surface area contributed by atoms with Gasteiger partial charge >= 0.3 is 0 Å². The number of hydrogen-bond acceptors (Lipinski definition) is 3. The molecule has 0 aromatic rings. The van der Waals surface area contributed by atoms with Gasteiger partial charge in [0.15, 0.2) is 0 Å². The Kier molecular flexibility index (Phi) is 7.82. The van der Waals surface area contributed by atoms with Gasteiger partial charge in [0.05, 0.1) is 6.54 Å². The van der Waals surface area contributed by atoms with E-state index in [9.17, 15) is 9.59 Å². The van der Waals surface area contributed by atoms with E-state index in [2.05, 4.69) is 5.32 Å². The summed E-state index contributed by atoms with van der Waals surface area (Å²) in [6, 6.07) is 0.233. The molecule has 1 aliphatic carbocycles. The van der Waals surface area contributed by atoms with E-state index in [-0.39, 0.29) is 24.4 Å². The molecule has 3 aliphatic rings. The summed E-state index contributed by atoms with van der Waals surface area (Å²) in [4.78, 5) is 28.8. The number of carbonyl (C=O) groups is 2. The van der Waals surface area contributed by atoms with Crippen molar-refractivity contribution < 1.29 is 9.59 Å². The van der Waals surface area contributed by atoms with Crippen LogP contribution in [0.1, 0.15) is 57.8 Å². The molecule has 1 saturated carbocycles. The molecule has 0 aromatic heterocycles. The number of piperazine rings is 1. The number of piperidine rings is 1. The average Bonchev–Trinajstić information content (AvgIpc) is 2.84. The van der Waals surface area contributed by atoms with Gasteiger partial charge in [0.2, 0.25) is 11.8 Å². The standard InChI is InChI=1S/C18H31N3O2.ClH/c22-17(12-15-6-3-1-2-4-7-15)20-10-5-8-16(14-20)21-11-9-19-13-18(21)23;/h15-16,19H,1-14H2;1H. The van der Waals surface area contributed by atoms with E-state index < -0.39 is 0 Å². The minimum absolute atomic E-state index is 0. The number of nitrogens with zero attached hydrogens (tertiary/aromatic N) is 2. The summed E-state index contributed by atoms with van der Waals surface area (Å²) in [5.41, 5.74) is 0. The maximum absolute atomic E-state index is 12.7. The lowest BCUT2D eigenvalue weighted by Crippen LogP contribution is -2.57. The molecule has 2 aliphatic heterocycles. The van der Waals surface area contributed by atoms with Crippen LogP contribution in [0.2, 0.25) is 0 Å². The van der Waals surface area contributed by atoms with Gasteiger partial charge in [-0.15, -0.1) is 12.4 Å². The zero-order valence-electron chi connectivity index (χ0n) is 14.7. The predicted molar refractivity (Wildman–Crippen MR) is 97.2 cm³/mol. The predicted octanol–water partition coefficient (Wildman–Crippen LogP) is 2.19. The average molecular weight is 358 g/mol.